The van der Waals surface area contributed by atoms with Crippen LogP contribution in [0.4, 0.5) is 11.4 Å². The quantitative estimate of drug-likeness (QED) is 0.453. The van der Waals surface area contributed by atoms with Gasteiger partial charge in [-0.1, -0.05) is 0 Å². The summed E-state index contributed by atoms with van der Waals surface area (Å²) >= 11 is 0. The molecule has 0 spiro atoms. The molecule has 1 aliphatic rings. The lowest BCUT2D eigenvalue weighted by Crippen LogP contribution is -2.24. The van der Waals surface area contributed by atoms with Crippen molar-refractivity contribution in [3.63, 3.8) is 0 Å². The van der Waals surface area contributed by atoms with Crippen molar-refractivity contribution in [3.8, 4) is 12.3 Å². The second-order valence-corrected chi connectivity index (χ2v) is 4.30. The molecule has 0 bridgehead atoms. The third-order valence-electron chi connectivity index (χ3n) is 3.05. The van der Waals surface area contributed by atoms with Gasteiger partial charge in [0.1, 0.15) is 0 Å². The molecule has 1 aromatic carbocycles. The van der Waals surface area contributed by atoms with Gasteiger partial charge in [0, 0.05) is 36.2 Å². The van der Waals surface area contributed by atoms with Crippen molar-refractivity contribution >= 4 is 17.3 Å². The van der Waals surface area contributed by atoms with E-state index in [4.69, 9.17) is 6.42 Å². The zero-order valence-corrected chi connectivity index (χ0v) is 9.92. The number of aryl methyl sites for hydroxylation is 1. The van der Waals surface area contributed by atoms with E-state index in [-0.39, 0.29) is 17.5 Å². The maximum absolute atomic E-state index is 11.8. The Balaban J connectivity index is 2.31. The van der Waals surface area contributed by atoms with Crippen LogP contribution in [0.5, 0.6) is 0 Å². The second-order valence-electron chi connectivity index (χ2n) is 4.30. The summed E-state index contributed by atoms with van der Waals surface area (Å²) in [6.07, 6.45) is 5.65. The summed E-state index contributed by atoms with van der Waals surface area (Å²) in [6.45, 7) is 2.13. The lowest BCUT2D eigenvalue weighted by molar-refractivity contribution is -0.385. The van der Waals surface area contributed by atoms with E-state index in [0.717, 1.165) is 0 Å². The van der Waals surface area contributed by atoms with Crippen LogP contribution in [-0.2, 0) is 4.79 Å². The van der Waals surface area contributed by atoms with Crippen molar-refractivity contribution in [1.82, 2.24) is 0 Å². The predicted molar refractivity (Wildman–Crippen MR) is 67.1 cm³/mol. The van der Waals surface area contributed by atoms with E-state index in [1.54, 1.807) is 24.0 Å². The minimum Gasteiger partial charge on any atom is -0.311 e. The molecule has 92 valence electrons. The minimum atomic E-state index is -0.435. The number of nitrogens with zero attached hydrogens (tertiary/aromatic N) is 2. The van der Waals surface area contributed by atoms with E-state index < -0.39 is 4.92 Å². The molecule has 0 radical (unpaired) electrons. The SMILES string of the molecule is C#CC1CC(=O)N(c2ccc([N+](=O)[O-])c(C)c2)C1. The van der Waals surface area contributed by atoms with Gasteiger partial charge in [0.2, 0.25) is 5.91 Å². The Hall–Kier alpha value is -2.35. The first-order valence-electron chi connectivity index (χ1n) is 5.54. The maximum Gasteiger partial charge on any atom is 0.272 e. The lowest BCUT2D eigenvalue weighted by atomic mass is 10.1. The maximum atomic E-state index is 11.8. The van der Waals surface area contributed by atoms with Gasteiger partial charge in [-0.2, -0.15) is 0 Å². The fourth-order valence-electron chi connectivity index (χ4n) is 2.08. The number of anilines is 1. The van der Waals surface area contributed by atoms with Gasteiger partial charge in [0.25, 0.3) is 5.69 Å². The Bertz CT molecular complexity index is 560. The molecular weight excluding hydrogens is 232 g/mol. The van der Waals surface area contributed by atoms with Crippen molar-refractivity contribution in [2.24, 2.45) is 5.92 Å². The molecule has 1 atom stereocenters. The standard InChI is InChI=1S/C13H12N2O3/c1-3-10-7-13(16)14(8-10)11-4-5-12(15(17)18)9(2)6-11/h1,4-6,10H,7-8H2,2H3. The summed E-state index contributed by atoms with van der Waals surface area (Å²) in [4.78, 5) is 23.6. The molecule has 0 N–H and O–H groups in total. The van der Waals surface area contributed by atoms with Crippen LogP contribution in [0.3, 0.4) is 0 Å². The second kappa shape index (κ2) is 4.49. The minimum absolute atomic E-state index is 0.0359. The average Bonchev–Trinajstić information content (AvgIpc) is 2.70. The van der Waals surface area contributed by atoms with E-state index in [0.29, 0.717) is 24.2 Å². The molecule has 1 unspecified atom stereocenters. The summed E-state index contributed by atoms with van der Waals surface area (Å²) in [5.41, 5.74) is 1.26. The molecule has 1 aromatic rings. The van der Waals surface area contributed by atoms with Gasteiger partial charge in [0.15, 0.2) is 0 Å². The molecule has 2 rings (SSSR count). The molecule has 5 heteroatoms. The van der Waals surface area contributed by atoms with E-state index in [1.165, 1.54) is 6.07 Å². The van der Waals surface area contributed by atoms with Crippen molar-refractivity contribution < 1.29 is 9.72 Å². The lowest BCUT2D eigenvalue weighted by Gasteiger charge is -2.16. The highest BCUT2D eigenvalue weighted by molar-refractivity contribution is 5.96. The fraction of sp³-hybridized carbons (Fsp3) is 0.308. The van der Waals surface area contributed by atoms with Crippen LogP contribution in [0.2, 0.25) is 0 Å². The summed E-state index contributed by atoms with van der Waals surface area (Å²) in [5, 5.41) is 10.7. The first kappa shape index (κ1) is 12.1. The van der Waals surface area contributed by atoms with E-state index in [1.807, 2.05) is 0 Å². The smallest absolute Gasteiger partial charge is 0.272 e. The summed E-state index contributed by atoms with van der Waals surface area (Å²) < 4.78 is 0. The third-order valence-corrected chi connectivity index (χ3v) is 3.05. The number of rotatable bonds is 2. The highest BCUT2D eigenvalue weighted by atomic mass is 16.6. The van der Waals surface area contributed by atoms with Crippen molar-refractivity contribution in [1.29, 1.82) is 0 Å². The number of nitro groups is 1. The highest BCUT2D eigenvalue weighted by Gasteiger charge is 2.29. The molecule has 1 heterocycles. The molecular formula is C13H12N2O3. The van der Waals surface area contributed by atoms with Crippen LogP contribution in [-0.4, -0.2) is 17.4 Å². The van der Waals surface area contributed by atoms with Crippen LogP contribution in [0, 0.1) is 35.3 Å². The Labute approximate surface area is 105 Å². The summed E-state index contributed by atoms with van der Waals surface area (Å²) in [6, 6.07) is 4.65. The molecule has 18 heavy (non-hydrogen) atoms. The van der Waals surface area contributed by atoms with Gasteiger partial charge in [-0.25, -0.2) is 0 Å². The van der Waals surface area contributed by atoms with Crippen molar-refractivity contribution in [2.75, 3.05) is 11.4 Å². The van der Waals surface area contributed by atoms with Gasteiger partial charge in [-0.15, -0.1) is 12.3 Å². The van der Waals surface area contributed by atoms with Crippen molar-refractivity contribution in [2.45, 2.75) is 13.3 Å². The third kappa shape index (κ3) is 2.05. The zero-order valence-electron chi connectivity index (χ0n) is 9.92. The number of carbonyl (C=O) groups is 1. The molecule has 1 amide bonds. The van der Waals surface area contributed by atoms with E-state index in [9.17, 15) is 14.9 Å². The molecule has 5 nitrogen and oxygen atoms in total. The number of nitro benzene ring substituents is 1. The van der Waals surface area contributed by atoms with Crippen LogP contribution in [0.15, 0.2) is 18.2 Å². The first-order valence-corrected chi connectivity index (χ1v) is 5.54. The average molecular weight is 244 g/mol. The largest absolute Gasteiger partial charge is 0.311 e. The Morgan fingerprint density at radius 3 is 2.78 bits per heavy atom. The number of terminal acetylenes is 1. The number of benzene rings is 1. The fourth-order valence-corrected chi connectivity index (χ4v) is 2.08. The first-order chi connectivity index (χ1) is 8.52. The van der Waals surface area contributed by atoms with Gasteiger partial charge in [-0.3, -0.25) is 14.9 Å². The van der Waals surface area contributed by atoms with Gasteiger partial charge in [-0.05, 0) is 19.1 Å². The molecule has 0 saturated carbocycles. The number of hydrogen-bond acceptors (Lipinski definition) is 3. The normalized spacial score (nSPS) is 18.8. The van der Waals surface area contributed by atoms with E-state index in [2.05, 4.69) is 5.92 Å². The Morgan fingerprint density at radius 1 is 1.56 bits per heavy atom. The number of amides is 1. The van der Waals surface area contributed by atoms with Crippen LogP contribution >= 0.6 is 0 Å². The van der Waals surface area contributed by atoms with Crippen LogP contribution in [0.25, 0.3) is 0 Å². The number of hydrogen-bond donors (Lipinski definition) is 0. The summed E-state index contributed by atoms with van der Waals surface area (Å²) in [7, 11) is 0. The Morgan fingerprint density at radius 2 is 2.28 bits per heavy atom. The van der Waals surface area contributed by atoms with Crippen LogP contribution in [0.1, 0.15) is 12.0 Å². The highest BCUT2D eigenvalue weighted by Crippen LogP contribution is 2.28. The molecule has 1 fully saturated rings. The molecule has 0 aliphatic carbocycles. The molecule has 1 aliphatic heterocycles. The predicted octanol–water partition coefficient (Wildman–Crippen LogP) is 1.89. The summed E-state index contributed by atoms with van der Waals surface area (Å²) in [5.74, 6) is 2.46. The Kier molecular flexibility index (Phi) is 3.02. The molecule has 0 aromatic heterocycles. The van der Waals surface area contributed by atoms with E-state index >= 15 is 0 Å². The number of carbonyl (C=O) groups excluding carboxylic acids is 1. The molecule has 1 saturated heterocycles. The zero-order chi connectivity index (χ0) is 13.3. The van der Waals surface area contributed by atoms with Crippen molar-refractivity contribution in [3.05, 3.63) is 33.9 Å². The van der Waals surface area contributed by atoms with Crippen LogP contribution < -0.4 is 4.90 Å². The topological polar surface area (TPSA) is 63.5 Å². The van der Waals surface area contributed by atoms with Gasteiger partial charge >= 0.3 is 0 Å². The van der Waals surface area contributed by atoms with Gasteiger partial charge < -0.3 is 4.90 Å². The van der Waals surface area contributed by atoms with Gasteiger partial charge in [0.05, 0.1) is 4.92 Å². The monoisotopic (exact) mass is 244 g/mol.